The molecule has 0 spiro atoms. The van der Waals surface area contributed by atoms with Gasteiger partial charge in [-0.2, -0.15) is 5.10 Å². The molecule has 1 fully saturated rings. The molecule has 4 rings (SSSR count). The van der Waals surface area contributed by atoms with E-state index in [9.17, 15) is 19.5 Å². The number of nitrogens with one attached hydrogen (secondary N) is 2. The Bertz CT molecular complexity index is 1450. The zero-order chi connectivity index (χ0) is 28.5. The van der Waals surface area contributed by atoms with Gasteiger partial charge >= 0.3 is 5.56 Å². The highest BCUT2D eigenvalue weighted by molar-refractivity contribution is 6.30. The molecule has 2 aromatic carbocycles. The molecule has 3 N–H and O–H groups in total. The number of halogens is 1. The van der Waals surface area contributed by atoms with Gasteiger partial charge < -0.3 is 20.1 Å². The first-order valence-corrected chi connectivity index (χ1v) is 13.2. The fourth-order valence-electron chi connectivity index (χ4n) is 5.00. The number of ether oxygens (including phenoxy) is 1. The molecule has 0 saturated carbocycles. The molecule has 2 heterocycles. The maximum atomic E-state index is 13.7. The summed E-state index contributed by atoms with van der Waals surface area (Å²) in [4.78, 5) is 40.5. The Kier molecular flexibility index (Phi) is 8.13. The molecule has 3 aromatic rings. The summed E-state index contributed by atoms with van der Waals surface area (Å²) in [5.41, 5.74) is 0.866. The van der Waals surface area contributed by atoms with E-state index >= 15 is 0 Å². The van der Waals surface area contributed by atoms with Crippen LogP contribution >= 0.6 is 11.6 Å². The molecular formula is C29H33ClN4O5. The van der Waals surface area contributed by atoms with Gasteiger partial charge in [-0.25, -0.2) is 5.10 Å². The largest absolute Gasteiger partial charge is 0.451 e. The monoisotopic (exact) mass is 552 g/mol. The predicted molar refractivity (Wildman–Crippen MR) is 148 cm³/mol. The van der Waals surface area contributed by atoms with Crippen molar-refractivity contribution in [3.63, 3.8) is 0 Å². The molecule has 39 heavy (non-hydrogen) atoms. The third-order valence-corrected chi connectivity index (χ3v) is 7.20. The molecule has 0 radical (unpaired) electrons. The van der Waals surface area contributed by atoms with Crippen molar-refractivity contribution in [2.45, 2.75) is 71.2 Å². The van der Waals surface area contributed by atoms with Crippen molar-refractivity contribution in [1.82, 2.24) is 20.4 Å². The van der Waals surface area contributed by atoms with Crippen LogP contribution in [0.25, 0.3) is 0 Å². The van der Waals surface area contributed by atoms with Gasteiger partial charge in [0.05, 0.1) is 23.4 Å². The highest BCUT2D eigenvalue weighted by atomic mass is 35.5. The third kappa shape index (κ3) is 6.32. The lowest BCUT2D eigenvalue weighted by atomic mass is 9.96. The molecular weight excluding hydrogens is 520 g/mol. The standard InChI is InChI=1S/C29H33ClN4O5/c1-16-13-20(9-11-23(16)39-24-14-17(2)32-33-27(24)36)26(35)31-18(3)28(37)34-22(10-12-25(34)29(4,5)38)19-7-6-8-21(30)15-19/h6-9,11,13-15,18,22,25,38H,10,12H2,1-5H3,(H,31,35)(H,33,36)/t18?,22-,25+/m0/s1. The zero-order valence-electron chi connectivity index (χ0n) is 22.6. The van der Waals surface area contributed by atoms with E-state index in [1.165, 1.54) is 6.07 Å². The Morgan fingerprint density at radius 1 is 1.15 bits per heavy atom. The van der Waals surface area contributed by atoms with Crippen LogP contribution in [0.4, 0.5) is 0 Å². The van der Waals surface area contributed by atoms with Gasteiger partial charge in [-0.05, 0) is 88.9 Å². The summed E-state index contributed by atoms with van der Waals surface area (Å²) in [5.74, 6) is -0.201. The molecule has 1 aliphatic rings. The summed E-state index contributed by atoms with van der Waals surface area (Å²) >= 11 is 6.22. The van der Waals surface area contributed by atoms with E-state index in [4.69, 9.17) is 16.3 Å². The molecule has 206 valence electrons. The number of hydrogen-bond donors (Lipinski definition) is 3. The lowest BCUT2D eigenvalue weighted by Gasteiger charge is -2.38. The third-order valence-electron chi connectivity index (χ3n) is 6.96. The smallest absolute Gasteiger partial charge is 0.307 e. The van der Waals surface area contributed by atoms with Crippen molar-refractivity contribution in [2.75, 3.05) is 0 Å². The Balaban J connectivity index is 1.51. The van der Waals surface area contributed by atoms with E-state index in [1.54, 1.807) is 63.8 Å². The normalized spacial score (nSPS) is 18.1. The number of H-pyrrole nitrogens is 1. The fraction of sp³-hybridized carbons (Fsp3) is 0.379. The van der Waals surface area contributed by atoms with Crippen molar-refractivity contribution >= 4 is 23.4 Å². The molecule has 9 nitrogen and oxygen atoms in total. The topological polar surface area (TPSA) is 125 Å². The van der Waals surface area contributed by atoms with Crippen LogP contribution in [0.2, 0.25) is 5.02 Å². The molecule has 3 atom stereocenters. The van der Waals surface area contributed by atoms with Crippen molar-refractivity contribution in [2.24, 2.45) is 0 Å². The van der Waals surface area contributed by atoms with Gasteiger partial charge in [0.15, 0.2) is 5.75 Å². The summed E-state index contributed by atoms with van der Waals surface area (Å²) in [6, 6.07) is 12.1. The SMILES string of the molecule is Cc1cc(Oc2ccc(C(=O)NC(C)C(=O)N3[C@H](c4cccc(Cl)c4)CC[C@@H]3C(C)(C)O)cc2C)c(=O)[nH]n1. The van der Waals surface area contributed by atoms with E-state index in [2.05, 4.69) is 15.5 Å². The highest BCUT2D eigenvalue weighted by Gasteiger charge is 2.45. The van der Waals surface area contributed by atoms with Crippen LogP contribution < -0.4 is 15.6 Å². The number of hydrogen-bond acceptors (Lipinski definition) is 6. The maximum Gasteiger partial charge on any atom is 0.307 e. The van der Waals surface area contributed by atoms with Crippen molar-refractivity contribution < 1.29 is 19.4 Å². The van der Waals surface area contributed by atoms with Gasteiger partial charge in [-0.1, -0.05) is 23.7 Å². The first kappa shape index (κ1) is 28.3. The first-order valence-electron chi connectivity index (χ1n) is 12.8. The number of benzene rings is 2. The van der Waals surface area contributed by atoms with Crippen LogP contribution in [0.3, 0.4) is 0 Å². The van der Waals surface area contributed by atoms with Gasteiger partial charge in [-0.15, -0.1) is 0 Å². The number of carbonyl (C=O) groups excluding carboxylic acids is 2. The van der Waals surface area contributed by atoms with Crippen LogP contribution in [0.5, 0.6) is 11.5 Å². The average molecular weight is 553 g/mol. The number of aromatic nitrogens is 2. The minimum absolute atomic E-state index is 0.100. The van der Waals surface area contributed by atoms with Gasteiger partial charge in [-0.3, -0.25) is 14.4 Å². The molecule has 1 aromatic heterocycles. The number of rotatable bonds is 7. The van der Waals surface area contributed by atoms with E-state index < -0.39 is 29.2 Å². The highest BCUT2D eigenvalue weighted by Crippen LogP contribution is 2.41. The minimum atomic E-state index is -1.13. The summed E-state index contributed by atoms with van der Waals surface area (Å²) in [6.07, 6.45) is 1.29. The van der Waals surface area contributed by atoms with Gasteiger partial charge in [0.2, 0.25) is 5.91 Å². The number of nitrogens with zero attached hydrogens (tertiary/aromatic N) is 2. The summed E-state index contributed by atoms with van der Waals surface area (Å²) < 4.78 is 5.74. The lowest BCUT2D eigenvalue weighted by Crippen LogP contribution is -2.54. The first-order chi connectivity index (χ1) is 18.3. The van der Waals surface area contributed by atoms with Gasteiger partial charge in [0.1, 0.15) is 11.8 Å². The van der Waals surface area contributed by atoms with E-state index in [0.717, 1.165) is 5.56 Å². The minimum Gasteiger partial charge on any atom is -0.451 e. The summed E-state index contributed by atoms with van der Waals surface area (Å²) in [6.45, 7) is 8.51. The number of aryl methyl sites for hydroxylation is 2. The Labute approximate surface area is 232 Å². The molecule has 1 saturated heterocycles. The molecule has 10 heteroatoms. The molecule has 2 amide bonds. The van der Waals surface area contributed by atoms with Crippen LogP contribution in [0, 0.1) is 13.8 Å². The lowest BCUT2D eigenvalue weighted by molar-refractivity contribution is -0.141. The van der Waals surface area contributed by atoms with Crippen molar-refractivity contribution in [3.05, 3.63) is 86.3 Å². The van der Waals surface area contributed by atoms with Gasteiger partial charge in [0.25, 0.3) is 5.91 Å². The van der Waals surface area contributed by atoms with E-state index in [0.29, 0.717) is 40.4 Å². The Morgan fingerprint density at radius 3 is 2.56 bits per heavy atom. The number of aliphatic hydroxyl groups is 1. The quantitative estimate of drug-likeness (QED) is 0.397. The van der Waals surface area contributed by atoms with Gasteiger partial charge in [0, 0.05) is 16.7 Å². The Morgan fingerprint density at radius 2 is 1.90 bits per heavy atom. The number of aromatic amines is 1. The van der Waals surface area contributed by atoms with Crippen molar-refractivity contribution in [3.8, 4) is 11.5 Å². The second kappa shape index (κ2) is 11.2. The van der Waals surface area contributed by atoms with E-state index in [1.807, 2.05) is 18.2 Å². The predicted octanol–water partition coefficient (Wildman–Crippen LogP) is 4.45. The van der Waals surface area contributed by atoms with Crippen molar-refractivity contribution in [1.29, 1.82) is 0 Å². The fourth-order valence-corrected chi connectivity index (χ4v) is 5.20. The molecule has 1 unspecified atom stereocenters. The average Bonchev–Trinajstić information content (AvgIpc) is 3.33. The summed E-state index contributed by atoms with van der Waals surface area (Å²) in [7, 11) is 0. The number of amides is 2. The molecule has 0 aliphatic carbocycles. The number of carbonyl (C=O) groups is 2. The van der Waals surface area contributed by atoms with Crippen LogP contribution in [0.15, 0.2) is 53.3 Å². The Hall–Kier alpha value is -3.69. The van der Waals surface area contributed by atoms with Crippen LogP contribution in [-0.4, -0.2) is 49.7 Å². The zero-order valence-corrected chi connectivity index (χ0v) is 23.4. The van der Waals surface area contributed by atoms with Crippen LogP contribution in [-0.2, 0) is 4.79 Å². The maximum absolute atomic E-state index is 13.7. The van der Waals surface area contributed by atoms with E-state index in [-0.39, 0.29) is 17.7 Å². The molecule has 0 bridgehead atoms. The second-order valence-electron chi connectivity index (χ2n) is 10.5. The summed E-state index contributed by atoms with van der Waals surface area (Å²) in [5, 5.41) is 20.4. The van der Waals surface area contributed by atoms with Crippen LogP contribution in [0.1, 0.15) is 66.8 Å². The second-order valence-corrected chi connectivity index (χ2v) is 11.0. The number of likely N-dealkylation sites (tertiary alicyclic amines) is 1. The molecule has 1 aliphatic heterocycles.